The van der Waals surface area contributed by atoms with Crippen LogP contribution in [0.3, 0.4) is 0 Å². The highest BCUT2D eigenvalue weighted by Crippen LogP contribution is 2.19. The molecule has 0 fully saturated rings. The monoisotopic (exact) mass is 241 g/mol. The van der Waals surface area contributed by atoms with Crippen molar-refractivity contribution in [3.63, 3.8) is 0 Å². The maximum atomic E-state index is 13.4. The summed E-state index contributed by atoms with van der Waals surface area (Å²) < 4.78 is 18.4. The van der Waals surface area contributed by atoms with Crippen molar-refractivity contribution in [3.8, 4) is 5.75 Å². The van der Waals surface area contributed by atoms with Crippen molar-refractivity contribution in [2.75, 3.05) is 6.61 Å². The van der Waals surface area contributed by atoms with Crippen LogP contribution in [0.15, 0.2) is 18.2 Å². The van der Waals surface area contributed by atoms with Gasteiger partial charge in [-0.1, -0.05) is 6.92 Å². The van der Waals surface area contributed by atoms with Crippen LogP contribution < -0.4 is 10.5 Å². The van der Waals surface area contributed by atoms with Crippen molar-refractivity contribution >= 4 is 11.9 Å². The second-order valence-corrected chi connectivity index (χ2v) is 3.56. The average Bonchev–Trinajstić information content (AvgIpc) is 2.26. The fraction of sp³-hybridized carbons (Fsp3) is 0.273. The van der Waals surface area contributed by atoms with Gasteiger partial charge in [0.05, 0.1) is 18.1 Å². The zero-order valence-electron chi connectivity index (χ0n) is 9.14. The van der Waals surface area contributed by atoms with Gasteiger partial charge in [-0.05, 0) is 18.2 Å². The Kier molecular flexibility index (Phi) is 4.03. The first-order valence-electron chi connectivity index (χ1n) is 4.86. The quantitative estimate of drug-likeness (QED) is 0.805. The highest BCUT2D eigenvalue weighted by Gasteiger charge is 2.13. The molecule has 3 N–H and O–H groups in total. The third-order valence-electron chi connectivity index (χ3n) is 2.15. The van der Waals surface area contributed by atoms with E-state index in [2.05, 4.69) is 0 Å². The van der Waals surface area contributed by atoms with Gasteiger partial charge in [-0.25, -0.2) is 9.18 Å². The molecule has 0 heterocycles. The number of ether oxygens (including phenoxy) is 1. The van der Waals surface area contributed by atoms with E-state index in [0.717, 1.165) is 6.07 Å². The highest BCUT2D eigenvalue weighted by molar-refractivity contribution is 5.87. The number of halogens is 1. The van der Waals surface area contributed by atoms with E-state index in [0.29, 0.717) is 0 Å². The number of rotatable bonds is 5. The summed E-state index contributed by atoms with van der Waals surface area (Å²) in [5.74, 6) is -3.22. The average molecular weight is 241 g/mol. The lowest BCUT2D eigenvalue weighted by Gasteiger charge is -2.10. The van der Waals surface area contributed by atoms with E-state index >= 15 is 0 Å². The van der Waals surface area contributed by atoms with E-state index in [1.54, 1.807) is 6.92 Å². The molecule has 0 aliphatic carbocycles. The molecule has 6 heteroatoms. The third kappa shape index (κ3) is 3.44. The minimum absolute atomic E-state index is 0.0569. The number of primary amides is 1. The molecule has 1 rings (SSSR count). The van der Waals surface area contributed by atoms with Crippen molar-refractivity contribution in [1.29, 1.82) is 0 Å². The number of hydrogen-bond acceptors (Lipinski definition) is 3. The second kappa shape index (κ2) is 5.29. The number of carboxylic acids is 1. The molecule has 0 radical (unpaired) electrons. The van der Waals surface area contributed by atoms with Crippen LogP contribution in [0.2, 0.25) is 0 Å². The topological polar surface area (TPSA) is 89.6 Å². The first-order chi connectivity index (χ1) is 7.91. The number of nitrogens with two attached hydrogens (primary N) is 1. The van der Waals surface area contributed by atoms with Gasteiger partial charge < -0.3 is 15.6 Å². The smallest absolute Gasteiger partial charge is 0.335 e. The summed E-state index contributed by atoms with van der Waals surface area (Å²) in [6.07, 6.45) is 0. The Labute approximate surface area is 97.0 Å². The summed E-state index contributed by atoms with van der Waals surface area (Å²) in [6, 6.07) is 3.27. The van der Waals surface area contributed by atoms with Gasteiger partial charge in [0, 0.05) is 0 Å². The molecule has 0 spiro atoms. The third-order valence-corrected chi connectivity index (χ3v) is 2.15. The van der Waals surface area contributed by atoms with E-state index in [9.17, 15) is 14.0 Å². The van der Waals surface area contributed by atoms with Crippen LogP contribution in [0, 0.1) is 11.7 Å². The number of benzene rings is 1. The number of carboxylic acid groups (broad SMARTS) is 1. The molecule has 0 aliphatic rings. The SMILES string of the molecule is CC(COc1ccc(C(=O)O)cc1F)C(N)=O. The Morgan fingerprint density at radius 1 is 1.53 bits per heavy atom. The molecular formula is C11H12FNO4. The van der Waals surface area contributed by atoms with Gasteiger partial charge >= 0.3 is 5.97 Å². The highest BCUT2D eigenvalue weighted by atomic mass is 19.1. The molecule has 0 bridgehead atoms. The van der Waals surface area contributed by atoms with Crippen molar-refractivity contribution in [2.24, 2.45) is 11.7 Å². The van der Waals surface area contributed by atoms with Crippen LogP contribution in [0.4, 0.5) is 4.39 Å². The van der Waals surface area contributed by atoms with E-state index in [4.69, 9.17) is 15.6 Å². The Bertz CT molecular complexity index is 447. The maximum absolute atomic E-state index is 13.4. The predicted molar refractivity (Wildman–Crippen MR) is 57.2 cm³/mol. The Morgan fingerprint density at radius 2 is 2.18 bits per heavy atom. The molecule has 17 heavy (non-hydrogen) atoms. The molecule has 92 valence electrons. The molecule has 1 aromatic rings. The Hall–Kier alpha value is -2.11. The summed E-state index contributed by atoms with van der Waals surface area (Å²) >= 11 is 0. The molecule has 1 aromatic carbocycles. The zero-order chi connectivity index (χ0) is 13.0. The van der Waals surface area contributed by atoms with Crippen molar-refractivity contribution in [2.45, 2.75) is 6.92 Å². The lowest BCUT2D eigenvalue weighted by atomic mass is 10.2. The first-order valence-corrected chi connectivity index (χ1v) is 4.86. The van der Waals surface area contributed by atoms with Crippen LogP contribution in [-0.2, 0) is 4.79 Å². The first kappa shape index (κ1) is 13.0. The lowest BCUT2D eigenvalue weighted by Crippen LogP contribution is -2.25. The summed E-state index contributed by atoms with van der Waals surface area (Å²) in [7, 11) is 0. The largest absolute Gasteiger partial charge is 0.490 e. The molecule has 0 aromatic heterocycles. The summed E-state index contributed by atoms with van der Waals surface area (Å²) in [6.45, 7) is 1.49. The van der Waals surface area contributed by atoms with Crippen molar-refractivity contribution in [1.82, 2.24) is 0 Å². The molecule has 0 saturated carbocycles. The summed E-state index contributed by atoms with van der Waals surface area (Å²) in [4.78, 5) is 21.3. The molecule has 5 nitrogen and oxygen atoms in total. The van der Waals surface area contributed by atoms with Crippen molar-refractivity contribution < 1.29 is 23.8 Å². The second-order valence-electron chi connectivity index (χ2n) is 3.56. The van der Waals surface area contributed by atoms with Crippen LogP contribution in [0.1, 0.15) is 17.3 Å². The van der Waals surface area contributed by atoms with E-state index < -0.39 is 23.6 Å². The molecule has 0 aliphatic heterocycles. The van der Waals surface area contributed by atoms with Gasteiger partial charge in [0.15, 0.2) is 11.6 Å². The lowest BCUT2D eigenvalue weighted by molar-refractivity contribution is -0.122. The van der Waals surface area contributed by atoms with E-state index in [1.807, 2.05) is 0 Å². The van der Waals surface area contributed by atoms with Crippen LogP contribution in [0.25, 0.3) is 0 Å². The molecule has 1 unspecified atom stereocenters. The van der Waals surface area contributed by atoms with Gasteiger partial charge in [0.2, 0.25) is 5.91 Å². The molecule has 0 saturated heterocycles. The minimum atomic E-state index is -1.22. The minimum Gasteiger partial charge on any atom is -0.490 e. The summed E-state index contributed by atoms with van der Waals surface area (Å²) in [5, 5.41) is 8.62. The fourth-order valence-corrected chi connectivity index (χ4v) is 1.05. The van der Waals surface area contributed by atoms with Crippen LogP contribution >= 0.6 is 0 Å². The van der Waals surface area contributed by atoms with Gasteiger partial charge in [-0.2, -0.15) is 0 Å². The Balaban J connectivity index is 2.73. The number of aromatic carboxylic acids is 1. The normalized spacial score (nSPS) is 11.9. The maximum Gasteiger partial charge on any atom is 0.335 e. The number of hydrogen-bond donors (Lipinski definition) is 2. The standard InChI is InChI=1S/C11H12FNO4/c1-6(10(13)14)5-17-9-3-2-7(11(15)16)4-8(9)12/h2-4,6H,5H2,1H3,(H2,13,14)(H,15,16). The number of amides is 1. The van der Waals surface area contributed by atoms with Gasteiger partial charge in [0.1, 0.15) is 0 Å². The zero-order valence-corrected chi connectivity index (χ0v) is 9.14. The predicted octanol–water partition coefficient (Wildman–Crippen LogP) is 1.02. The van der Waals surface area contributed by atoms with Gasteiger partial charge in [-0.3, -0.25) is 4.79 Å². The van der Waals surface area contributed by atoms with E-state index in [-0.39, 0.29) is 17.9 Å². The Morgan fingerprint density at radius 3 is 2.65 bits per heavy atom. The fourth-order valence-electron chi connectivity index (χ4n) is 1.05. The van der Waals surface area contributed by atoms with Gasteiger partial charge in [0.25, 0.3) is 0 Å². The summed E-state index contributed by atoms with van der Waals surface area (Å²) in [5.41, 5.74) is 4.84. The van der Waals surface area contributed by atoms with Crippen molar-refractivity contribution in [3.05, 3.63) is 29.6 Å². The molecule has 1 atom stereocenters. The van der Waals surface area contributed by atoms with Crippen LogP contribution in [0.5, 0.6) is 5.75 Å². The molecular weight excluding hydrogens is 229 g/mol. The van der Waals surface area contributed by atoms with Crippen LogP contribution in [-0.4, -0.2) is 23.6 Å². The number of carbonyl (C=O) groups is 2. The molecule has 1 amide bonds. The van der Waals surface area contributed by atoms with E-state index in [1.165, 1.54) is 12.1 Å². The van der Waals surface area contributed by atoms with Gasteiger partial charge in [-0.15, -0.1) is 0 Å². The number of carbonyl (C=O) groups excluding carboxylic acids is 1.